The van der Waals surface area contributed by atoms with Gasteiger partial charge in [-0.1, -0.05) is 15.9 Å². The third kappa shape index (κ3) is 5.71. The first kappa shape index (κ1) is 19.8. The van der Waals surface area contributed by atoms with E-state index in [2.05, 4.69) is 31.9 Å². The Bertz CT molecular complexity index is 601. The van der Waals surface area contributed by atoms with E-state index in [1.54, 1.807) is 12.1 Å². The van der Waals surface area contributed by atoms with Crippen LogP contribution in [0.25, 0.3) is 0 Å². The van der Waals surface area contributed by atoms with Crippen molar-refractivity contribution < 1.29 is 18.4 Å². The fourth-order valence-corrected chi connectivity index (χ4v) is 2.63. The van der Waals surface area contributed by atoms with E-state index in [-0.39, 0.29) is 19.0 Å². The maximum atomic E-state index is 13.0. The summed E-state index contributed by atoms with van der Waals surface area (Å²) >= 11 is 3.32. The Labute approximate surface area is 147 Å². The Kier molecular flexibility index (Phi) is 6.91. The van der Waals surface area contributed by atoms with Gasteiger partial charge >= 0.3 is 0 Å². The lowest BCUT2D eigenvalue weighted by molar-refractivity contribution is -0.125. The second-order valence-electron chi connectivity index (χ2n) is 5.22. The van der Waals surface area contributed by atoms with Crippen molar-refractivity contribution in [3.63, 3.8) is 0 Å². The average molecular weight is 413 g/mol. The number of nitrogens with one attached hydrogen (secondary N) is 3. The summed E-state index contributed by atoms with van der Waals surface area (Å²) in [6, 6.07) is 4.40. The van der Waals surface area contributed by atoms with Crippen molar-refractivity contribution in [2.24, 2.45) is 0 Å². The van der Waals surface area contributed by atoms with E-state index in [0.717, 1.165) is 10.0 Å². The van der Waals surface area contributed by atoms with Crippen molar-refractivity contribution in [3.8, 4) is 0 Å². The van der Waals surface area contributed by atoms with Gasteiger partial charge in [-0.15, -0.1) is 12.4 Å². The molecule has 1 fully saturated rings. The second-order valence-corrected chi connectivity index (χ2v) is 6.13. The van der Waals surface area contributed by atoms with E-state index >= 15 is 0 Å². The molecule has 1 aliphatic heterocycles. The molecule has 1 aromatic rings. The normalized spacial score (nSPS) is 18.9. The molecule has 0 saturated carbocycles. The number of benzene rings is 1. The quantitative estimate of drug-likeness (QED) is 0.710. The Morgan fingerprint density at radius 2 is 2.13 bits per heavy atom. The van der Waals surface area contributed by atoms with E-state index in [9.17, 15) is 18.4 Å². The molecule has 9 heteroatoms. The van der Waals surface area contributed by atoms with Crippen LogP contribution in [0.3, 0.4) is 0 Å². The summed E-state index contributed by atoms with van der Waals surface area (Å²) in [6.07, 6.45) is -0.549. The van der Waals surface area contributed by atoms with Crippen LogP contribution in [0.2, 0.25) is 0 Å². The first-order valence-electron chi connectivity index (χ1n) is 6.72. The summed E-state index contributed by atoms with van der Waals surface area (Å²) in [6.45, 7) is 1.05. The monoisotopic (exact) mass is 411 g/mol. The van der Waals surface area contributed by atoms with Gasteiger partial charge in [0, 0.05) is 16.6 Å². The number of hydrogen-bond donors (Lipinski definition) is 3. The molecule has 0 bridgehead atoms. The number of amides is 2. The lowest BCUT2D eigenvalue weighted by Crippen LogP contribution is -2.43. The molecule has 0 spiro atoms. The highest BCUT2D eigenvalue weighted by Crippen LogP contribution is 2.25. The maximum absolute atomic E-state index is 13.0. The molecule has 1 saturated heterocycles. The van der Waals surface area contributed by atoms with E-state index in [0.29, 0.717) is 5.69 Å². The zero-order chi connectivity index (χ0) is 16.3. The predicted molar refractivity (Wildman–Crippen MR) is 89.1 cm³/mol. The number of carbonyl (C=O) groups is 2. The minimum atomic E-state index is -2.88. The predicted octanol–water partition coefficient (Wildman–Crippen LogP) is 2.23. The van der Waals surface area contributed by atoms with Gasteiger partial charge in [0.15, 0.2) is 0 Å². The van der Waals surface area contributed by atoms with Gasteiger partial charge in [-0.2, -0.15) is 0 Å². The number of anilines is 1. The van der Waals surface area contributed by atoms with Gasteiger partial charge in [-0.25, -0.2) is 8.78 Å². The molecule has 128 valence electrons. The van der Waals surface area contributed by atoms with Gasteiger partial charge in [-0.05, 0) is 30.7 Å². The fraction of sp³-hybridized carbons (Fsp3) is 0.429. The zero-order valence-corrected chi connectivity index (χ0v) is 14.7. The first-order valence-corrected chi connectivity index (χ1v) is 7.51. The summed E-state index contributed by atoms with van der Waals surface area (Å²) in [4.78, 5) is 23.5. The molecular formula is C14H17BrClF2N3O2. The van der Waals surface area contributed by atoms with Crippen LogP contribution in [0.4, 0.5) is 14.5 Å². The zero-order valence-electron chi connectivity index (χ0n) is 12.3. The molecule has 1 heterocycles. The average Bonchev–Trinajstić information content (AvgIpc) is 2.80. The molecule has 23 heavy (non-hydrogen) atoms. The molecule has 2 rings (SSSR count). The molecule has 1 atom stereocenters. The summed E-state index contributed by atoms with van der Waals surface area (Å²) in [5.74, 6) is -3.89. The molecule has 1 aromatic carbocycles. The third-order valence-electron chi connectivity index (χ3n) is 3.31. The highest BCUT2D eigenvalue weighted by atomic mass is 79.9. The Morgan fingerprint density at radius 1 is 1.43 bits per heavy atom. The van der Waals surface area contributed by atoms with Crippen molar-refractivity contribution in [1.29, 1.82) is 0 Å². The van der Waals surface area contributed by atoms with Crippen LogP contribution in [-0.2, 0) is 9.59 Å². The van der Waals surface area contributed by atoms with Crippen LogP contribution >= 0.6 is 28.3 Å². The fourth-order valence-electron chi connectivity index (χ4n) is 2.15. The van der Waals surface area contributed by atoms with Gasteiger partial charge in [0.1, 0.15) is 0 Å². The summed E-state index contributed by atoms with van der Waals surface area (Å²) < 4.78 is 26.9. The highest BCUT2D eigenvalue weighted by Gasteiger charge is 2.42. The number of alkyl halides is 2. The number of carbonyl (C=O) groups excluding carboxylic acids is 2. The van der Waals surface area contributed by atoms with Crippen LogP contribution in [0.5, 0.6) is 0 Å². The molecule has 1 aliphatic rings. The van der Waals surface area contributed by atoms with Crippen molar-refractivity contribution in [3.05, 3.63) is 28.2 Å². The summed E-state index contributed by atoms with van der Waals surface area (Å²) in [5, 5.41) is 7.45. The third-order valence-corrected chi connectivity index (χ3v) is 3.81. The lowest BCUT2D eigenvalue weighted by atomic mass is 10.2. The lowest BCUT2D eigenvalue weighted by Gasteiger charge is -2.12. The molecule has 0 aliphatic carbocycles. The molecule has 0 aromatic heterocycles. The number of rotatable bonds is 4. The second kappa shape index (κ2) is 8.03. The van der Waals surface area contributed by atoms with Crippen LogP contribution in [-0.4, -0.2) is 36.9 Å². The van der Waals surface area contributed by atoms with Crippen LogP contribution in [0, 0.1) is 6.92 Å². The smallest absolute Gasteiger partial charge is 0.262 e. The topological polar surface area (TPSA) is 70.2 Å². The van der Waals surface area contributed by atoms with Crippen molar-refractivity contribution >= 4 is 45.8 Å². The number of hydrogen-bond acceptors (Lipinski definition) is 3. The Morgan fingerprint density at radius 3 is 2.70 bits per heavy atom. The summed E-state index contributed by atoms with van der Waals surface area (Å²) in [7, 11) is 0. The highest BCUT2D eigenvalue weighted by molar-refractivity contribution is 9.10. The largest absolute Gasteiger partial charge is 0.346 e. The van der Waals surface area contributed by atoms with Gasteiger partial charge in [0.25, 0.3) is 5.92 Å². The molecule has 3 N–H and O–H groups in total. The van der Waals surface area contributed by atoms with Crippen molar-refractivity contribution in [2.45, 2.75) is 25.3 Å². The van der Waals surface area contributed by atoms with Crippen molar-refractivity contribution in [2.75, 3.05) is 18.4 Å². The molecule has 1 unspecified atom stereocenters. The van der Waals surface area contributed by atoms with Crippen LogP contribution < -0.4 is 16.0 Å². The van der Waals surface area contributed by atoms with Crippen LogP contribution in [0.1, 0.15) is 12.0 Å². The number of aryl methyl sites for hydroxylation is 1. The van der Waals surface area contributed by atoms with Gasteiger partial charge in [-0.3, -0.25) is 14.9 Å². The Balaban J connectivity index is 0.00000264. The molecule has 5 nitrogen and oxygen atoms in total. The van der Waals surface area contributed by atoms with E-state index in [4.69, 9.17) is 0 Å². The van der Waals surface area contributed by atoms with E-state index < -0.39 is 36.7 Å². The molecule has 2 amide bonds. The van der Waals surface area contributed by atoms with E-state index in [1.807, 2.05) is 13.0 Å². The number of halogens is 4. The summed E-state index contributed by atoms with van der Waals surface area (Å²) in [5.41, 5.74) is 1.50. The van der Waals surface area contributed by atoms with E-state index in [1.165, 1.54) is 0 Å². The molecule has 0 radical (unpaired) electrons. The molecular weight excluding hydrogens is 396 g/mol. The van der Waals surface area contributed by atoms with Gasteiger partial charge in [0.05, 0.1) is 19.1 Å². The van der Waals surface area contributed by atoms with Crippen LogP contribution in [0.15, 0.2) is 22.7 Å². The first-order chi connectivity index (χ1) is 10.3. The standard InChI is InChI=1S/C14H16BrF2N3O2.ClH/c1-8-4-9(15)2-3-10(8)20-12(21)6-18-13(22)11-5-14(16,17)7-19-11;/h2-4,11,19H,5-7H2,1H3,(H,18,22)(H,20,21);1H. The SMILES string of the molecule is Cc1cc(Br)ccc1NC(=O)CNC(=O)C1CC(F)(F)CN1.Cl. The minimum Gasteiger partial charge on any atom is -0.346 e. The Hall–Kier alpha value is -1.25. The van der Waals surface area contributed by atoms with Gasteiger partial charge < -0.3 is 10.6 Å². The van der Waals surface area contributed by atoms with Crippen molar-refractivity contribution in [1.82, 2.24) is 10.6 Å². The minimum absolute atomic E-state index is 0. The maximum Gasteiger partial charge on any atom is 0.262 e. The van der Waals surface area contributed by atoms with Gasteiger partial charge in [0.2, 0.25) is 11.8 Å².